The molecule has 0 fully saturated rings. The number of amides is 2. The van der Waals surface area contributed by atoms with Crippen molar-refractivity contribution in [2.24, 2.45) is 11.7 Å². The van der Waals surface area contributed by atoms with Crippen LogP contribution in [0.4, 0.5) is 0 Å². The molecule has 1 unspecified atom stereocenters. The lowest BCUT2D eigenvalue weighted by Gasteiger charge is -2.18. The van der Waals surface area contributed by atoms with Crippen molar-refractivity contribution in [1.82, 2.24) is 10.6 Å². The molecule has 0 saturated carbocycles. The minimum atomic E-state index is -0.278. The number of benzene rings is 1. The Morgan fingerprint density at radius 3 is 2.62 bits per heavy atom. The number of rotatable bonds is 7. The third-order valence-electron chi connectivity index (χ3n) is 2.90. The molecule has 1 atom stereocenters. The van der Waals surface area contributed by atoms with E-state index >= 15 is 0 Å². The standard InChI is InChI=1S/C15H22BrN3O2/c1-10(2)6-13(8-17)19-14(20)9-18-15(21)11-4-3-5-12(16)7-11/h3-5,7,10,13H,6,8-9,17H2,1-2H3,(H,18,21)(H,19,20). The molecule has 5 nitrogen and oxygen atoms in total. The second-order valence-corrected chi connectivity index (χ2v) is 6.24. The Morgan fingerprint density at radius 2 is 2.05 bits per heavy atom. The van der Waals surface area contributed by atoms with Gasteiger partial charge in [0.15, 0.2) is 0 Å². The SMILES string of the molecule is CC(C)CC(CN)NC(=O)CNC(=O)c1cccc(Br)c1. The Morgan fingerprint density at radius 1 is 1.33 bits per heavy atom. The van der Waals surface area contributed by atoms with Crippen molar-refractivity contribution >= 4 is 27.7 Å². The number of hydrogen-bond acceptors (Lipinski definition) is 3. The second-order valence-electron chi connectivity index (χ2n) is 5.32. The van der Waals surface area contributed by atoms with E-state index in [1.54, 1.807) is 18.2 Å². The molecule has 1 aromatic rings. The molecule has 1 aromatic carbocycles. The number of halogens is 1. The van der Waals surface area contributed by atoms with Gasteiger partial charge in [0.05, 0.1) is 6.54 Å². The lowest BCUT2D eigenvalue weighted by molar-refractivity contribution is -0.120. The van der Waals surface area contributed by atoms with Gasteiger partial charge in [-0.25, -0.2) is 0 Å². The van der Waals surface area contributed by atoms with E-state index in [4.69, 9.17) is 5.73 Å². The Bertz CT molecular complexity index is 492. The summed E-state index contributed by atoms with van der Waals surface area (Å²) in [6.45, 7) is 4.48. The third-order valence-corrected chi connectivity index (χ3v) is 3.40. The van der Waals surface area contributed by atoms with Gasteiger partial charge in [0, 0.05) is 22.6 Å². The fraction of sp³-hybridized carbons (Fsp3) is 0.467. The van der Waals surface area contributed by atoms with Gasteiger partial charge in [-0.05, 0) is 30.5 Å². The van der Waals surface area contributed by atoms with E-state index in [9.17, 15) is 9.59 Å². The highest BCUT2D eigenvalue weighted by Gasteiger charge is 2.13. The van der Waals surface area contributed by atoms with Gasteiger partial charge >= 0.3 is 0 Å². The minimum Gasteiger partial charge on any atom is -0.351 e. The first-order chi connectivity index (χ1) is 9.92. The van der Waals surface area contributed by atoms with E-state index in [0.29, 0.717) is 18.0 Å². The molecule has 1 rings (SSSR count). The molecule has 0 saturated heterocycles. The zero-order valence-electron chi connectivity index (χ0n) is 12.4. The van der Waals surface area contributed by atoms with Crippen LogP contribution in [0.15, 0.2) is 28.7 Å². The van der Waals surface area contributed by atoms with Gasteiger partial charge in [0.25, 0.3) is 5.91 Å². The summed E-state index contributed by atoms with van der Waals surface area (Å²) >= 11 is 3.30. The largest absolute Gasteiger partial charge is 0.351 e. The highest BCUT2D eigenvalue weighted by Crippen LogP contribution is 2.11. The van der Waals surface area contributed by atoms with Crippen molar-refractivity contribution in [3.05, 3.63) is 34.3 Å². The van der Waals surface area contributed by atoms with Crippen LogP contribution in [-0.2, 0) is 4.79 Å². The summed E-state index contributed by atoms with van der Waals surface area (Å²) in [7, 11) is 0. The Kier molecular flexibility index (Phi) is 7.39. The van der Waals surface area contributed by atoms with E-state index < -0.39 is 0 Å². The summed E-state index contributed by atoms with van der Waals surface area (Å²) < 4.78 is 0.819. The lowest BCUT2D eigenvalue weighted by Crippen LogP contribution is -2.45. The summed E-state index contributed by atoms with van der Waals surface area (Å²) in [6, 6.07) is 6.95. The van der Waals surface area contributed by atoms with Gasteiger partial charge in [-0.2, -0.15) is 0 Å². The maximum absolute atomic E-state index is 11.9. The van der Waals surface area contributed by atoms with Crippen LogP contribution in [0.2, 0.25) is 0 Å². The molecule has 0 aliphatic heterocycles. The zero-order valence-corrected chi connectivity index (χ0v) is 13.9. The van der Waals surface area contributed by atoms with Gasteiger partial charge in [-0.15, -0.1) is 0 Å². The average molecular weight is 356 g/mol. The molecule has 2 amide bonds. The van der Waals surface area contributed by atoms with Gasteiger partial charge in [-0.1, -0.05) is 35.8 Å². The van der Waals surface area contributed by atoms with Crippen LogP contribution >= 0.6 is 15.9 Å². The predicted octanol–water partition coefficient (Wildman–Crippen LogP) is 1.67. The molecule has 0 aromatic heterocycles. The van der Waals surface area contributed by atoms with Crippen molar-refractivity contribution in [3.63, 3.8) is 0 Å². The molecule has 0 bridgehead atoms. The predicted molar refractivity (Wildman–Crippen MR) is 86.9 cm³/mol. The maximum atomic E-state index is 11.9. The summed E-state index contributed by atoms with van der Waals surface area (Å²) in [5, 5.41) is 5.42. The van der Waals surface area contributed by atoms with E-state index in [2.05, 4.69) is 40.4 Å². The first-order valence-corrected chi connectivity index (χ1v) is 7.75. The van der Waals surface area contributed by atoms with E-state index in [1.165, 1.54) is 0 Å². The Balaban J connectivity index is 2.43. The topological polar surface area (TPSA) is 84.2 Å². The molecule has 0 aliphatic rings. The summed E-state index contributed by atoms with van der Waals surface area (Å²) in [6.07, 6.45) is 0.821. The van der Waals surface area contributed by atoms with Gasteiger partial charge in [-0.3, -0.25) is 9.59 Å². The van der Waals surface area contributed by atoms with Crippen molar-refractivity contribution in [2.75, 3.05) is 13.1 Å². The van der Waals surface area contributed by atoms with Crippen molar-refractivity contribution in [3.8, 4) is 0 Å². The summed E-state index contributed by atoms with van der Waals surface area (Å²) in [5.41, 5.74) is 6.13. The number of hydrogen-bond donors (Lipinski definition) is 3. The molecular weight excluding hydrogens is 334 g/mol. The molecule has 21 heavy (non-hydrogen) atoms. The van der Waals surface area contributed by atoms with Gasteiger partial charge < -0.3 is 16.4 Å². The molecule has 0 heterocycles. The molecule has 0 aliphatic carbocycles. The van der Waals surface area contributed by atoms with Crippen LogP contribution in [0.1, 0.15) is 30.6 Å². The molecule has 6 heteroatoms. The van der Waals surface area contributed by atoms with Crippen molar-refractivity contribution in [2.45, 2.75) is 26.3 Å². The fourth-order valence-electron chi connectivity index (χ4n) is 1.95. The van der Waals surface area contributed by atoms with Crippen LogP contribution in [0.5, 0.6) is 0 Å². The monoisotopic (exact) mass is 355 g/mol. The molecule has 0 spiro atoms. The average Bonchev–Trinajstić information content (AvgIpc) is 2.43. The first-order valence-electron chi connectivity index (χ1n) is 6.95. The lowest BCUT2D eigenvalue weighted by atomic mass is 10.0. The highest BCUT2D eigenvalue weighted by atomic mass is 79.9. The first kappa shape index (κ1) is 17.7. The van der Waals surface area contributed by atoms with E-state index in [1.807, 2.05) is 6.07 Å². The quantitative estimate of drug-likeness (QED) is 0.695. The van der Waals surface area contributed by atoms with Crippen molar-refractivity contribution in [1.29, 1.82) is 0 Å². The van der Waals surface area contributed by atoms with Gasteiger partial charge in [0.1, 0.15) is 0 Å². The van der Waals surface area contributed by atoms with Crippen LogP contribution in [0.25, 0.3) is 0 Å². The number of nitrogens with one attached hydrogen (secondary N) is 2. The smallest absolute Gasteiger partial charge is 0.251 e. The highest BCUT2D eigenvalue weighted by molar-refractivity contribution is 9.10. The normalized spacial score (nSPS) is 12.0. The Labute approximate surface area is 133 Å². The summed E-state index contributed by atoms with van der Waals surface area (Å²) in [5.74, 6) is -0.0517. The van der Waals surface area contributed by atoms with Crippen molar-refractivity contribution < 1.29 is 9.59 Å². The van der Waals surface area contributed by atoms with Crippen LogP contribution in [0.3, 0.4) is 0 Å². The fourth-order valence-corrected chi connectivity index (χ4v) is 2.35. The minimum absolute atomic E-state index is 0.0553. The zero-order chi connectivity index (χ0) is 15.8. The van der Waals surface area contributed by atoms with E-state index in [0.717, 1.165) is 10.9 Å². The maximum Gasteiger partial charge on any atom is 0.251 e. The van der Waals surface area contributed by atoms with Gasteiger partial charge in [0.2, 0.25) is 5.91 Å². The number of carbonyl (C=O) groups excluding carboxylic acids is 2. The van der Waals surface area contributed by atoms with Crippen LogP contribution < -0.4 is 16.4 Å². The second kappa shape index (κ2) is 8.79. The molecule has 4 N–H and O–H groups in total. The van der Waals surface area contributed by atoms with Crippen LogP contribution in [-0.4, -0.2) is 30.9 Å². The number of nitrogens with two attached hydrogens (primary N) is 1. The molecule has 116 valence electrons. The number of carbonyl (C=O) groups is 2. The molecule has 0 radical (unpaired) electrons. The molecular formula is C15H22BrN3O2. The summed E-state index contributed by atoms with van der Waals surface area (Å²) in [4.78, 5) is 23.7. The van der Waals surface area contributed by atoms with Crippen LogP contribution in [0, 0.1) is 5.92 Å². The van der Waals surface area contributed by atoms with E-state index in [-0.39, 0.29) is 24.4 Å². The third kappa shape index (κ3) is 6.73. The Hall–Kier alpha value is -1.40.